The van der Waals surface area contributed by atoms with Gasteiger partial charge in [0, 0.05) is 36.1 Å². The molecule has 0 spiro atoms. The highest BCUT2D eigenvalue weighted by molar-refractivity contribution is 5.95. The standard InChI is InChI=1S/C32H35FN6O2.C2H6/c1-39-15-5-8-22(19-39)21-9-12-29(35-18-21)38-28-17-27(37-26-13-14-34-32(41)30(26)28)24-11-10-23(16-25(24)33)36-31(40)20-6-3-2-4-7-20;1-2/h9-14,16-18,20,22H,2-8,15,19H2,1H3,(H,34,41)(H,36,40)(H,35,37,38);1-2H3. The molecule has 6 rings (SSSR count). The Morgan fingerprint density at radius 3 is 2.56 bits per heavy atom. The number of pyridine rings is 3. The molecule has 1 aliphatic carbocycles. The van der Waals surface area contributed by atoms with Gasteiger partial charge in [-0.2, -0.15) is 0 Å². The predicted molar refractivity (Wildman–Crippen MR) is 171 cm³/mol. The number of hydrogen-bond donors (Lipinski definition) is 3. The number of fused-ring (bicyclic) bond motifs is 1. The molecule has 2 fully saturated rings. The zero-order valence-corrected chi connectivity index (χ0v) is 25.3. The molecule has 0 bridgehead atoms. The van der Waals surface area contributed by atoms with E-state index in [9.17, 15) is 9.59 Å². The SMILES string of the molecule is CC.CN1CCCC(c2ccc(Nc3cc(-c4ccc(NC(=O)C5CCCCC5)cc4F)nc4cc[nH]c(=O)c34)nc2)C1. The van der Waals surface area contributed by atoms with Crippen LogP contribution in [0.2, 0.25) is 0 Å². The number of rotatable bonds is 6. The summed E-state index contributed by atoms with van der Waals surface area (Å²) in [6.45, 7) is 6.13. The molecule has 1 aliphatic heterocycles. The van der Waals surface area contributed by atoms with Gasteiger partial charge in [-0.25, -0.2) is 14.4 Å². The van der Waals surface area contributed by atoms with Crippen LogP contribution in [0.5, 0.6) is 0 Å². The zero-order valence-electron chi connectivity index (χ0n) is 25.3. The van der Waals surface area contributed by atoms with Crippen molar-refractivity contribution in [2.45, 2.75) is 64.7 Å². The van der Waals surface area contributed by atoms with Crippen LogP contribution in [0.3, 0.4) is 0 Å². The fraction of sp³-hybridized carbons (Fsp3) is 0.412. The molecule has 1 atom stereocenters. The van der Waals surface area contributed by atoms with E-state index in [1.807, 2.05) is 26.1 Å². The minimum Gasteiger partial charge on any atom is -0.339 e. The van der Waals surface area contributed by atoms with E-state index in [-0.39, 0.29) is 22.9 Å². The van der Waals surface area contributed by atoms with Gasteiger partial charge in [0.1, 0.15) is 11.6 Å². The van der Waals surface area contributed by atoms with Crippen LogP contribution >= 0.6 is 0 Å². The van der Waals surface area contributed by atoms with Crippen molar-refractivity contribution in [3.8, 4) is 11.3 Å². The van der Waals surface area contributed by atoms with Crippen molar-refractivity contribution in [3.05, 3.63) is 76.6 Å². The summed E-state index contributed by atoms with van der Waals surface area (Å²) in [6, 6.07) is 12.0. The summed E-state index contributed by atoms with van der Waals surface area (Å²) in [5.41, 5.74) is 2.88. The quantitative estimate of drug-likeness (QED) is 0.221. The summed E-state index contributed by atoms with van der Waals surface area (Å²) in [5.74, 6) is 0.451. The highest BCUT2D eigenvalue weighted by atomic mass is 19.1. The number of benzene rings is 1. The number of anilines is 3. The van der Waals surface area contributed by atoms with Gasteiger partial charge in [-0.3, -0.25) is 9.59 Å². The first-order valence-corrected chi connectivity index (χ1v) is 15.5. The second-order valence-electron chi connectivity index (χ2n) is 11.3. The number of amides is 1. The van der Waals surface area contributed by atoms with Gasteiger partial charge >= 0.3 is 0 Å². The Bertz CT molecular complexity index is 1610. The third-order valence-corrected chi connectivity index (χ3v) is 8.36. The Hall–Kier alpha value is -4.11. The molecular weight excluding hydrogens is 543 g/mol. The predicted octanol–water partition coefficient (Wildman–Crippen LogP) is 7.22. The number of carbonyl (C=O) groups is 1. The summed E-state index contributed by atoms with van der Waals surface area (Å²) in [6.07, 6.45) is 10.7. The molecule has 4 aromatic rings. The summed E-state index contributed by atoms with van der Waals surface area (Å²) in [5, 5.41) is 6.51. The lowest BCUT2D eigenvalue weighted by atomic mass is 9.88. The average Bonchev–Trinajstić information content (AvgIpc) is 3.03. The minimum atomic E-state index is -0.506. The number of likely N-dealkylation sites (N-methyl/N-ethyl adjacent to an activating group) is 1. The van der Waals surface area contributed by atoms with Gasteiger partial charge in [0.15, 0.2) is 0 Å². The Morgan fingerprint density at radius 1 is 1.02 bits per heavy atom. The van der Waals surface area contributed by atoms with E-state index in [4.69, 9.17) is 0 Å². The second-order valence-corrected chi connectivity index (χ2v) is 11.3. The van der Waals surface area contributed by atoms with Crippen LogP contribution < -0.4 is 16.2 Å². The van der Waals surface area contributed by atoms with E-state index >= 15 is 4.39 Å². The summed E-state index contributed by atoms with van der Waals surface area (Å²) in [7, 11) is 2.14. The fourth-order valence-corrected chi connectivity index (χ4v) is 6.14. The largest absolute Gasteiger partial charge is 0.339 e. The zero-order chi connectivity index (χ0) is 30.3. The number of nitrogens with one attached hydrogen (secondary N) is 3. The Kier molecular flexibility index (Phi) is 9.82. The van der Waals surface area contributed by atoms with Crippen molar-refractivity contribution in [3.63, 3.8) is 0 Å². The molecule has 8 nitrogen and oxygen atoms in total. The summed E-state index contributed by atoms with van der Waals surface area (Å²) < 4.78 is 15.4. The number of hydrogen-bond acceptors (Lipinski definition) is 6. The first kappa shape index (κ1) is 30.4. The average molecular weight is 585 g/mol. The van der Waals surface area contributed by atoms with Crippen molar-refractivity contribution in [2.75, 3.05) is 30.8 Å². The number of H-pyrrole nitrogens is 1. The molecule has 9 heteroatoms. The molecule has 1 amide bonds. The van der Waals surface area contributed by atoms with E-state index in [0.29, 0.717) is 39.7 Å². The van der Waals surface area contributed by atoms with Gasteiger partial charge in [0.05, 0.1) is 22.3 Å². The van der Waals surface area contributed by atoms with Gasteiger partial charge in [-0.1, -0.05) is 39.2 Å². The maximum absolute atomic E-state index is 15.4. The van der Waals surface area contributed by atoms with Crippen molar-refractivity contribution < 1.29 is 9.18 Å². The molecule has 2 aliphatic rings. The lowest BCUT2D eigenvalue weighted by Crippen LogP contribution is -2.30. The van der Waals surface area contributed by atoms with Gasteiger partial charge in [-0.05, 0) is 87.2 Å². The lowest BCUT2D eigenvalue weighted by Gasteiger charge is -2.29. The van der Waals surface area contributed by atoms with E-state index < -0.39 is 5.82 Å². The van der Waals surface area contributed by atoms with E-state index in [0.717, 1.165) is 51.6 Å². The lowest BCUT2D eigenvalue weighted by molar-refractivity contribution is -0.120. The number of aromatic nitrogens is 3. The van der Waals surface area contributed by atoms with Crippen LogP contribution in [0, 0.1) is 11.7 Å². The molecule has 1 unspecified atom stereocenters. The van der Waals surface area contributed by atoms with Crippen LogP contribution in [0.25, 0.3) is 22.2 Å². The number of likely N-dealkylation sites (tertiary alicyclic amines) is 1. The van der Waals surface area contributed by atoms with Crippen molar-refractivity contribution in [2.24, 2.45) is 5.92 Å². The smallest absolute Gasteiger partial charge is 0.259 e. The molecule has 226 valence electrons. The molecule has 3 N–H and O–H groups in total. The molecule has 1 saturated heterocycles. The minimum absolute atomic E-state index is 0.0213. The number of halogens is 1. The maximum atomic E-state index is 15.4. The maximum Gasteiger partial charge on any atom is 0.259 e. The van der Waals surface area contributed by atoms with E-state index in [1.165, 1.54) is 24.2 Å². The highest BCUT2D eigenvalue weighted by Crippen LogP contribution is 2.32. The normalized spacial score (nSPS) is 17.6. The van der Waals surface area contributed by atoms with Gasteiger partial charge in [0.2, 0.25) is 5.91 Å². The molecule has 1 saturated carbocycles. The topological polar surface area (TPSA) is 103 Å². The van der Waals surface area contributed by atoms with Crippen molar-refractivity contribution in [1.82, 2.24) is 19.9 Å². The number of aromatic amines is 1. The fourth-order valence-electron chi connectivity index (χ4n) is 6.14. The molecule has 3 aromatic heterocycles. The van der Waals surface area contributed by atoms with Crippen LogP contribution in [0.1, 0.15) is 70.3 Å². The van der Waals surface area contributed by atoms with E-state index in [2.05, 4.69) is 43.6 Å². The van der Waals surface area contributed by atoms with Gasteiger partial charge in [-0.15, -0.1) is 0 Å². The summed E-state index contributed by atoms with van der Waals surface area (Å²) in [4.78, 5) is 39.7. The van der Waals surface area contributed by atoms with Crippen LogP contribution in [-0.2, 0) is 4.79 Å². The Balaban J connectivity index is 0.00000180. The molecule has 0 radical (unpaired) electrons. The third-order valence-electron chi connectivity index (χ3n) is 8.36. The number of nitrogens with zero attached hydrogens (tertiary/aromatic N) is 3. The van der Waals surface area contributed by atoms with E-state index in [1.54, 1.807) is 24.3 Å². The second kappa shape index (κ2) is 13.9. The molecular formula is C34H41FN6O2. The van der Waals surface area contributed by atoms with Gasteiger partial charge in [0.25, 0.3) is 5.56 Å². The monoisotopic (exact) mass is 584 g/mol. The number of piperidine rings is 1. The Labute approximate surface area is 252 Å². The first-order chi connectivity index (χ1) is 20.9. The first-order valence-electron chi connectivity index (χ1n) is 15.5. The highest BCUT2D eigenvalue weighted by Gasteiger charge is 2.22. The molecule has 4 heterocycles. The Morgan fingerprint density at radius 2 is 1.84 bits per heavy atom. The van der Waals surface area contributed by atoms with Crippen LogP contribution in [0.15, 0.2) is 59.7 Å². The third kappa shape index (κ3) is 7.10. The summed E-state index contributed by atoms with van der Waals surface area (Å²) >= 11 is 0. The molecule has 1 aromatic carbocycles. The van der Waals surface area contributed by atoms with Gasteiger partial charge < -0.3 is 20.5 Å². The number of carbonyl (C=O) groups excluding carboxylic acids is 1. The molecule has 43 heavy (non-hydrogen) atoms. The van der Waals surface area contributed by atoms with Crippen LogP contribution in [0.4, 0.5) is 21.6 Å². The van der Waals surface area contributed by atoms with Crippen LogP contribution in [-0.4, -0.2) is 45.9 Å². The van der Waals surface area contributed by atoms with Crippen molar-refractivity contribution >= 4 is 34.0 Å². The van der Waals surface area contributed by atoms with Crippen molar-refractivity contribution in [1.29, 1.82) is 0 Å².